The molecule has 0 aromatic heterocycles. The predicted molar refractivity (Wildman–Crippen MR) is 58.2 cm³/mol. The third kappa shape index (κ3) is 13.6. The molecule has 12 heavy (non-hydrogen) atoms. The van der Waals surface area contributed by atoms with Crippen molar-refractivity contribution in [3.63, 3.8) is 0 Å². The second kappa shape index (κ2) is 14.5. The van der Waals surface area contributed by atoms with Crippen LogP contribution in [0.1, 0.15) is 53.8 Å². The van der Waals surface area contributed by atoms with Gasteiger partial charge >= 0.3 is 18.9 Å². The van der Waals surface area contributed by atoms with Crippen molar-refractivity contribution in [3.05, 3.63) is 0 Å². The Morgan fingerprint density at radius 3 is 1.58 bits per heavy atom. The van der Waals surface area contributed by atoms with Crippen LogP contribution < -0.4 is 18.9 Å². The minimum atomic E-state index is 0. The molecule has 0 aliphatic heterocycles. The van der Waals surface area contributed by atoms with E-state index < -0.39 is 0 Å². The molecular formula is C10H24LiP. The average molecular weight is 182 g/mol. The fourth-order valence-electron chi connectivity index (χ4n) is 1.12. The average Bonchev–Trinajstić information content (AvgIpc) is 2.03. The molecule has 0 fully saturated rings. The molecule has 0 aliphatic carbocycles. The maximum absolute atomic E-state index is 2.28. The maximum Gasteiger partial charge on any atom is 1.00 e. The van der Waals surface area contributed by atoms with Gasteiger partial charge in [0.05, 0.1) is 0 Å². The summed E-state index contributed by atoms with van der Waals surface area (Å²) < 4.78 is 0. The molecule has 0 spiro atoms. The normalized spacial score (nSPS) is 9.50. The summed E-state index contributed by atoms with van der Waals surface area (Å²) in [5, 5.41) is 0. The molecule has 0 saturated carbocycles. The van der Waals surface area contributed by atoms with Gasteiger partial charge < -0.3 is 1.43 Å². The molecule has 2 heteroatoms. The van der Waals surface area contributed by atoms with Crippen LogP contribution in [0.5, 0.6) is 0 Å². The summed E-state index contributed by atoms with van der Waals surface area (Å²) in [5.74, 6) is 0. The molecular weight excluding hydrogens is 158 g/mol. The minimum Gasteiger partial charge on any atom is -1.00 e. The smallest absolute Gasteiger partial charge is 1.00 e. The van der Waals surface area contributed by atoms with Crippen molar-refractivity contribution >= 4 is 8.58 Å². The van der Waals surface area contributed by atoms with Crippen LogP contribution in [0.4, 0.5) is 0 Å². The molecule has 0 rings (SSSR count). The Hall–Kier alpha value is 1.03. The fourth-order valence-corrected chi connectivity index (χ4v) is 2.37. The van der Waals surface area contributed by atoms with Crippen LogP contribution in [0.2, 0.25) is 0 Å². The van der Waals surface area contributed by atoms with E-state index in [1.54, 1.807) is 0 Å². The largest absolute Gasteiger partial charge is 1.00 e. The number of hydrogen-bond acceptors (Lipinski definition) is 0. The van der Waals surface area contributed by atoms with Gasteiger partial charge in [-0.25, -0.2) is 0 Å². The summed E-state index contributed by atoms with van der Waals surface area (Å²) >= 11 is 0. The standard InChI is InChI=1S/C10H23P.Li.H/c1-3-5-7-9-11-10-8-6-4-2;;/h11H,3-10H2,1-2H3;;/q;+1;-1. The summed E-state index contributed by atoms with van der Waals surface area (Å²) in [6.07, 6.45) is 11.6. The SMILES string of the molecule is CCCCCPCCCCC.[H-].[Li+]. The molecule has 0 unspecified atom stereocenters. The molecule has 0 atom stereocenters. The van der Waals surface area contributed by atoms with E-state index in [2.05, 4.69) is 13.8 Å². The van der Waals surface area contributed by atoms with E-state index in [0.717, 1.165) is 0 Å². The Kier molecular flexibility index (Phi) is 18.8. The van der Waals surface area contributed by atoms with Crippen LogP contribution in [0.25, 0.3) is 0 Å². The molecule has 0 bridgehead atoms. The third-order valence-electron chi connectivity index (χ3n) is 1.91. The molecule has 0 saturated heterocycles. The van der Waals surface area contributed by atoms with Gasteiger partial charge in [-0.1, -0.05) is 39.5 Å². The van der Waals surface area contributed by atoms with E-state index in [9.17, 15) is 0 Å². The molecule has 0 amide bonds. The van der Waals surface area contributed by atoms with Crippen molar-refractivity contribution in [2.24, 2.45) is 0 Å². The summed E-state index contributed by atoms with van der Waals surface area (Å²) in [6, 6.07) is 0. The van der Waals surface area contributed by atoms with Crippen molar-refractivity contribution in [2.75, 3.05) is 12.3 Å². The molecule has 0 nitrogen and oxygen atoms in total. The Balaban J connectivity index is -0.000000500. The van der Waals surface area contributed by atoms with Gasteiger partial charge in [-0.05, 0) is 25.2 Å². The van der Waals surface area contributed by atoms with Crippen molar-refractivity contribution in [2.45, 2.75) is 52.4 Å². The molecule has 0 N–H and O–H groups in total. The Morgan fingerprint density at radius 2 is 1.25 bits per heavy atom. The van der Waals surface area contributed by atoms with Gasteiger partial charge in [-0.3, -0.25) is 0 Å². The van der Waals surface area contributed by atoms with E-state index in [-0.39, 0.29) is 20.3 Å². The van der Waals surface area contributed by atoms with Crippen LogP contribution in [-0.2, 0) is 0 Å². The quantitative estimate of drug-likeness (QED) is 0.300. The molecule has 0 aliphatic rings. The second-order valence-corrected chi connectivity index (χ2v) is 4.66. The molecule has 70 valence electrons. The van der Waals surface area contributed by atoms with Crippen molar-refractivity contribution in [1.29, 1.82) is 0 Å². The number of hydrogen-bond donors (Lipinski definition) is 0. The summed E-state index contributed by atoms with van der Waals surface area (Å²) in [5.41, 5.74) is 0. The maximum atomic E-state index is 2.28. The van der Waals surface area contributed by atoms with Gasteiger partial charge in [0.25, 0.3) is 0 Å². The van der Waals surface area contributed by atoms with Crippen LogP contribution in [0.3, 0.4) is 0 Å². The number of unbranched alkanes of at least 4 members (excludes halogenated alkanes) is 4. The van der Waals surface area contributed by atoms with Gasteiger partial charge in [0, 0.05) is 0 Å². The molecule has 0 aromatic carbocycles. The first-order valence-corrected chi connectivity index (χ1v) is 6.54. The van der Waals surface area contributed by atoms with Gasteiger partial charge in [0.2, 0.25) is 0 Å². The van der Waals surface area contributed by atoms with Gasteiger partial charge in [-0.2, -0.15) is 0 Å². The Morgan fingerprint density at radius 1 is 0.833 bits per heavy atom. The van der Waals surface area contributed by atoms with E-state index in [4.69, 9.17) is 0 Å². The molecule has 0 radical (unpaired) electrons. The summed E-state index contributed by atoms with van der Waals surface area (Å²) in [4.78, 5) is 0. The van der Waals surface area contributed by atoms with Crippen LogP contribution in [0.15, 0.2) is 0 Å². The topological polar surface area (TPSA) is 0 Å². The zero-order valence-corrected chi connectivity index (χ0v) is 10.2. The first-order valence-electron chi connectivity index (χ1n) is 5.12. The van der Waals surface area contributed by atoms with Crippen LogP contribution in [0, 0.1) is 0 Å². The van der Waals surface area contributed by atoms with Gasteiger partial charge in [0.15, 0.2) is 0 Å². The fraction of sp³-hybridized carbons (Fsp3) is 1.00. The van der Waals surface area contributed by atoms with Gasteiger partial charge in [0.1, 0.15) is 0 Å². The van der Waals surface area contributed by atoms with Crippen molar-refractivity contribution in [1.82, 2.24) is 0 Å². The first kappa shape index (κ1) is 15.5. The summed E-state index contributed by atoms with van der Waals surface area (Å²) in [6.45, 7) is 4.56. The van der Waals surface area contributed by atoms with Crippen molar-refractivity contribution < 1.29 is 20.3 Å². The second-order valence-electron chi connectivity index (χ2n) is 3.16. The van der Waals surface area contributed by atoms with Gasteiger partial charge in [-0.15, -0.1) is 8.58 Å². The predicted octanol–water partition coefficient (Wildman–Crippen LogP) is 1.16. The molecule has 0 aromatic rings. The Labute approximate surface area is 93.7 Å². The summed E-state index contributed by atoms with van der Waals surface area (Å²) in [7, 11) is 1.25. The van der Waals surface area contributed by atoms with E-state index in [1.807, 2.05) is 0 Å². The molecule has 0 heterocycles. The zero-order valence-electron chi connectivity index (χ0n) is 10.2. The van der Waals surface area contributed by atoms with Crippen LogP contribution in [-0.4, -0.2) is 12.3 Å². The zero-order chi connectivity index (χ0) is 8.36. The van der Waals surface area contributed by atoms with Crippen LogP contribution >= 0.6 is 8.58 Å². The monoisotopic (exact) mass is 182 g/mol. The first-order chi connectivity index (χ1) is 5.41. The minimum absolute atomic E-state index is 0. The van der Waals surface area contributed by atoms with E-state index in [1.165, 1.54) is 59.4 Å². The Bertz CT molecular complexity index is 63.9. The number of rotatable bonds is 8. The van der Waals surface area contributed by atoms with E-state index in [0.29, 0.717) is 0 Å². The third-order valence-corrected chi connectivity index (χ3v) is 3.33. The van der Waals surface area contributed by atoms with Crippen molar-refractivity contribution in [3.8, 4) is 0 Å². The van der Waals surface area contributed by atoms with E-state index >= 15 is 0 Å².